The van der Waals surface area contributed by atoms with E-state index in [0.717, 1.165) is 29.9 Å². The van der Waals surface area contributed by atoms with Crippen molar-refractivity contribution >= 4 is 11.5 Å². The number of nitrogens with one attached hydrogen (secondary N) is 1. The van der Waals surface area contributed by atoms with Gasteiger partial charge >= 0.3 is 0 Å². The summed E-state index contributed by atoms with van der Waals surface area (Å²) in [7, 11) is 0. The molecule has 1 saturated carbocycles. The minimum absolute atomic E-state index is 0.719. The van der Waals surface area contributed by atoms with Crippen LogP contribution in [0.25, 0.3) is 0 Å². The van der Waals surface area contributed by atoms with Crippen LogP contribution in [0, 0.1) is 11.8 Å². The molecule has 0 aliphatic heterocycles. The second-order valence-electron chi connectivity index (χ2n) is 5.00. The first-order valence-corrected chi connectivity index (χ1v) is 6.19. The van der Waals surface area contributed by atoms with Gasteiger partial charge in [0.05, 0.1) is 11.9 Å². The largest absolute Gasteiger partial charge is 0.397 e. The quantitative estimate of drug-likeness (QED) is 0.821. The van der Waals surface area contributed by atoms with Gasteiger partial charge in [-0.1, -0.05) is 19.8 Å². The van der Waals surface area contributed by atoms with Crippen LogP contribution in [-0.2, 0) is 0 Å². The monoisotopic (exact) mass is 219 g/mol. The summed E-state index contributed by atoms with van der Waals surface area (Å²) in [6.07, 6.45) is 7.18. The molecule has 88 valence electrons. The fraction of sp³-hybridized carbons (Fsp3) is 0.615. The number of hydrogen-bond acceptors (Lipinski definition) is 3. The molecule has 0 spiro atoms. The zero-order chi connectivity index (χ0) is 11.4. The van der Waals surface area contributed by atoms with Gasteiger partial charge in [0.25, 0.3) is 0 Å². The van der Waals surface area contributed by atoms with Gasteiger partial charge in [0.15, 0.2) is 0 Å². The maximum atomic E-state index is 5.59. The summed E-state index contributed by atoms with van der Waals surface area (Å²) in [6, 6.07) is 3.83. The lowest BCUT2D eigenvalue weighted by Gasteiger charge is -2.26. The zero-order valence-corrected chi connectivity index (χ0v) is 9.95. The van der Waals surface area contributed by atoms with E-state index < -0.39 is 0 Å². The van der Waals surface area contributed by atoms with Crippen molar-refractivity contribution in [3.63, 3.8) is 0 Å². The van der Waals surface area contributed by atoms with Crippen molar-refractivity contribution in [3.8, 4) is 0 Å². The van der Waals surface area contributed by atoms with E-state index in [1.807, 2.05) is 12.1 Å². The minimum Gasteiger partial charge on any atom is -0.397 e. The summed E-state index contributed by atoms with van der Waals surface area (Å²) < 4.78 is 0. The van der Waals surface area contributed by atoms with Gasteiger partial charge in [-0.15, -0.1) is 0 Å². The van der Waals surface area contributed by atoms with Crippen LogP contribution in [-0.4, -0.2) is 11.5 Å². The Morgan fingerprint density at radius 2 is 2.31 bits per heavy atom. The van der Waals surface area contributed by atoms with Crippen molar-refractivity contribution in [2.24, 2.45) is 11.8 Å². The van der Waals surface area contributed by atoms with Crippen LogP contribution in [0.3, 0.4) is 0 Å². The van der Waals surface area contributed by atoms with E-state index in [9.17, 15) is 0 Å². The normalized spacial score (nSPS) is 25.3. The minimum atomic E-state index is 0.719. The highest BCUT2D eigenvalue weighted by Crippen LogP contribution is 2.28. The fourth-order valence-electron chi connectivity index (χ4n) is 2.50. The third-order valence-corrected chi connectivity index (χ3v) is 3.40. The van der Waals surface area contributed by atoms with Gasteiger partial charge in [-0.05, 0) is 36.8 Å². The molecule has 0 aromatic carbocycles. The Morgan fingerprint density at radius 3 is 3.00 bits per heavy atom. The molecule has 0 bridgehead atoms. The van der Waals surface area contributed by atoms with Gasteiger partial charge in [0.2, 0.25) is 0 Å². The molecule has 0 radical (unpaired) electrons. The average Bonchev–Trinajstić information content (AvgIpc) is 2.28. The van der Waals surface area contributed by atoms with E-state index in [-0.39, 0.29) is 0 Å². The van der Waals surface area contributed by atoms with Crippen molar-refractivity contribution in [1.29, 1.82) is 0 Å². The Labute approximate surface area is 97.5 Å². The molecule has 2 unspecified atom stereocenters. The maximum Gasteiger partial charge on any atom is 0.126 e. The molecule has 3 nitrogen and oxygen atoms in total. The topological polar surface area (TPSA) is 50.9 Å². The summed E-state index contributed by atoms with van der Waals surface area (Å²) >= 11 is 0. The van der Waals surface area contributed by atoms with Gasteiger partial charge in [-0.25, -0.2) is 4.98 Å². The van der Waals surface area contributed by atoms with Crippen LogP contribution in [0.5, 0.6) is 0 Å². The Balaban J connectivity index is 1.80. The number of rotatable bonds is 3. The highest BCUT2D eigenvalue weighted by Gasteiger charge is 2.18. The van der Waals surface area contributed by atoms with Gasteiger partial charge in [-0.2, -0.15) is 0 Å². The molecule has 1 heterocycles. The first kappa shape index (κ1) is 11.2. The smallest absolute Gasteiger partial charge is 0.126 e. The number of aromatic nitrogens is 1. The van der Waals surface area contributed by atoms with Crippen molar-refractivity contribution < 1.29 is 0 Å². The van der Waals surface area contributed by atoms with Gasteiger partial charge in [0.1, 0.15) is 5.82 Å². The Bertz CT molecular complexity index is 320. The summed E-state index contributed by atoms with van der Waals surface area (Å²) in [6.45, 7) is 3.40. The van der Waals surface area contributed by atoms with Crippen LogP contribution >= 0.6 is 0 Å². The third-order valence-electron chi connectivity index (χ3n) is 3.40. The molecule has 1 aromatic rings. The van der Waals surface area contributed by atoms with Crippen LogP contribution < -0.4 is 11.1 Å². The zero-order valence-electron chi connectivity index (χ0n) is 9.95. The molecule has 1 fully saturated rings. The first-order valence-electron chi connectivity index (χ1n) is 6.19. The van der Waals surface area contributed by atoms with Gasteiger partial charge in [-0.3, -0.25) is 0 Å². The van der Waals surface area contributed by atoms with Crippen molar-refractivity contribution in [2.75, 3.05) is 17.6 Å². The number of anilines is 2. The molecule has 2 rings (SSSR count). The second-order valence-corrected chi connectivity index (χ2v) is 5.00. The molecule has 1 aliphatic rings. The van der Waals surface area contributed by atoms with E-state index in [1.165, 1.54) is 25.7 Å². The van der Waals surface area contributed by atoms with Crippen molar-refractivity contribution in [1.82, 2.24) is 4.98 Å². The van der Waals surface area contributed by atoms with E-state index in [1.54, 1.807) is 6.20 Å². The van der Waals surface area contributed by atoms with E-state index in [4.69, 9.17) is 5.73 Å². The molecular formula is C13H21N3. The molecule has 1 aliphatic carbocycles. The summed E-state index contributed by atoms with van der Waals surface area (Å²) in [5, 5.41) is 3.40. The summed E-state index contributed by atoms with van der Waals surface area (Å²) in [4.78, 5) is 4.25. The third kappa shape index (κ3) is 3.12. The molecule has 2 atom stereocenters. The SMILES string of the molecule is CC1CCCC(CNc2ccc(N)cn2)C1. The van der Waals surface area contributed by atoms with Crippen LogP contribution in [0.4, 0.5) is 11.5 Å². The number of nitrogens with two attached hydrogens (primary N) is 1. The van der Waals surface area contributed by atoms with Crippen LogP contribution in [0.1, 0.15) is 32.6 Å². The Morgan fingerprint density at radius 1 is 1.44 bits per heavy atom. The number of nitrogen functional groups attached to an aromatic ring is 1. The lowest BCUT2D eigenvalue weighted by Crippen LogP contribution is -2.21. The van der Waals surface area contributed by atoms with Gasteiger partial charge < -0.3 is 11.1 Å². The number of hydrogen-bond donors (Lipinski definition) is 2. The standard InChI is InChI=1S/C13H21N3/c1-10-3-2-4-11(7-10)8-15-13-6-5-12(14)9-16-13/h5-6,9-11H,2-4,7-8,14H2,1H3,(H,15,16). The lowest BCUT2D eigenvalue weighted by atomic mass is 9.82. The predicted octanol–water partition coefficient (Wildman–Crippen LogP) is 2.90. The molecule has 1 aromatic heterocycles. The fourth-order valence-corrected chi connectivity index (χ4v) is 2.50. The second kappa shape index (κ2) is 5.19. The average molecular weight is 219 g/mol. The predicted molar refractivity (Wildman–Crippen MR) is 68.3 cm³/mol. The van der Waals surface area contributed by atoms with Crippen LogP contribution in [0.2, 0.25) is 0 Å². The number of nitrogens with zero attached hydrogens (tertiary/aromatic N) is 1. The molecule has 0 amide bonds. The highest BCUT2D eigenvalue weighted by molar-refractivity contribution is 5.43. The van der Waals surface area contributed by atoms with Crippen molar-refractivity contribution in [2.45, 2.75) is 32.6 Å². The lowest BCUT2D eigenvalue weighted by molar-refractivity contribution is 0.293. The summed E-state index contributed by atoms with van der Waals surface area (Å²) in [5.74, 6) is 2.63. The molecule has 3 N–H and O–H groups in total. The molecule has 16 heavy (non-hydrogen) atoms. The molecule has 0 saturated heterocycles. The summed E-state index contributed by atoms with van der Waals surface area (Å²) in [5.41, 5.74) is 6.31. The molecular weight excluding hydrogens is 198 g/mol. The number of pyridine rings is 1. The van der Waals surface area contributed by atoms with Gasteiger partial charge in [0, 0.05) is 6.54 Å². The first-order chi connectivity index (χ1) is 7.74. The van der Waals surface area contributed by atoms with E-state index >= 15 is 0 Å². The maximum absolute atomic E-state index is 5.59. The Hall–Kier alpha value is -1.25. The van der Waals surface area contributed by atoms with Crippen LogP contribution in [0.15, 0.2) is 18.3 Å². The van der Waals surface area contributed by atoms with E-state index in [2.05, 4.69) is 17.2 Å². The highest BCUT2D eigenvalue weighted by atomic mass is 15.0. The molecule has 3 heteroatoms. The van der Waals surface area contributed by atoms with Crippen molar-refractivity contribution in [3.05, 3.63) is 18.3 Å². The Kier molecular flexibility index (Phi) is 3.65. The van der Waals surface area contributed by atoms with E-state index in [0.29, 0.717) is 0 Å².